The number of ether oxygens (including phenoxy) is 2. The van der Waals surface area contributed by atoms with Gasteiger partial charge in [0.05, 0.1) is 13.7 Å². The molecule has 0 atom stereocenters. The molecule has 0 bridgehead atoms. The van der Waals surface area contributed by atoms with Crippen molar-refractivity contribution in [3.63, 3.8) is 0 Å². The first-order chi connectivity index (χ1) is 13.0. The molecule has 3 rings (SSSR count). The van der Waals surface area contributed by atoms with Crippen molar-refractivity contribution in [1.82, 2.24) is 10.3 Å². The maximum absolute atomic E-state index is 12.3. The number of hydrogen-bond donors (Lipinski definition) is 2. The molecule has 1 aromatic heterocycles. The largest absolute Gasteiger partial charge is 0.502 e. The Morgan fingerprint density at radius 2 is 2.04 bits per heavy atom. The zero-order chi connectivity index (χ0) is 19.4. The normalized spacial score (nSPS) is 10.6. The summed E-state index contributed by atoms with van der Waals surface area (Å²) in [6.45, 7) is 0.467. The van der Waals surface area contributed by atoms with Crippen molar-refractivity contribution in [3.05, 3.63) is 42.0 Å². The maximum Gasteiger partial charge on any atom is 0.297 e. The minimum atomic E-state index is -0.252. The van der Waals surface area contributed by atoms with Crippen LogP contribution in [0.4, 0.5) is 6.01 Å². The summed E-state index contributed by atoms with van der Waals surface area (Å²) in [5, 5.41) is 12.7. The molecular formula is C19H21N3O5. The van der Waals surface area contributed by atoms with Crippen molar-refractivity contribution in [2.45, 2.75) is 0 Å². The smallest absolute Gasteiger partial charge is 0.297 e. The highest BCUT2D eigenvalue weighted by Gasteiger charge is 2.12. The van der Waals surface area contributed by atoms with E-state index in [1.165, 1.54) is 7.11 Å². The van der Waals surface area contributed by atoms with Gasteiger partial charge in [-0.15, -0.1) is 0 Å². The third-order valence-electron chi connectivity index (χ3n) is 3.85. The van der Waals surface area contributed by atoms with Gasteiger partial charge in [0.25, 0.3) is 11.9 Å². The Bertz CT molecular complexity index is 952. The van der Waals surface area contributed by atoms with Crippen molar-refractivity contribution < 1.29 is 23.8 Å². The molecule has 0 saturated heterocycles. The molecule has 1 amide bonds. The molecule has 2 N–H and O–H groups in total. The lowest BCUT2D eigenvalue weighted by molar-refractivity contribution is 0.0947. The van der Waals surface area contributed by atoms with Crippen LogP contribution in [0.3, 0.4) is 0 Å². The standard InChI is InChI=1S/C19H21N3O5/c1-22(2)19-21-13-8-7-12(11-16(13)27-19)18(24)20-9-10-26-15-6-4-5-14(25-3)17(15)23/h4-8,11,23H,9-10H2,1-3H3,(H,20,24). The minimum Gasteiger partial charge on any atom is -0.502 e. The van der Waals surface area contributed by atoms with Crippen LogP contribution in [-0.2, 0) is 0 Å². The Morgan fingerprint density at radius 1 is 1.26 bits per heavy atom. The van der Waals surface area contributed by atoms with Gasteiger partial charge >= 0.3 is 0 Å². The molecule has 0 spiro atoms. The number of methoxy groups -OCH3 is 1. The summed E-state index contributed by atoms with van der Waals surface area (Å²) in [5.74, 6) is 0.300. The van der Waals surface area contributed by atoms with Gasteiger partial charge in [0.15, 0.2) is 17.1 Å². The molecule has 0 saturated carbocycles. The van der Waals surface area contributed by atoms with E-state index in [9.17, 15) is 9.90 Å². The Hall–Kier alpha value is -3.42. The van der Waals surface area contributed by atoms with Crippen molar-refractivity contribution in [2.75, 3.05) is 39.3 Å². The molecule has 0 unspecified atom stereocenters. The Kier molecular flexibility index (Phi) is 5.35. The summed E-state index contributed by atoms with van der Waals surface area (Å²) in [6.07, 6.45) is 0. The number of oxazole rings is 1. The number of benzene rings is 2. The summed E-state index contributed by atoms with van der Waals surface area (Å²) in [5.41, 5.74) is 1.70. The highest BCUT2D eigenvalue weighted by atomic mass is 16.5. The van der Waals surface area contributed by atoms with Gasteiger partial charge < -0.3 is 29.2 Å². The first-order valence-corrected chi connectivity index (χ1v) is 8.34. The fourth-order valence-electron chi connectivity index (χ4n) is 2.46. The molecule has 8 nitrogen and oxygen atoms in total. The number of aromatic nitrogens is 1. The quantitative estimate of drug-likeness (QED) is 0.616. The van der Waals surface area contributed by atoms with Crippen LogP contribution in [0.15, 0.2) is 40.8 Å². The van der Waals surface area contributed by atoms with E-state index in [2.05, 4.69) is 10.3 Å². The predicted octanol–water partition coefficient (Wildman–Crippen LogP) is 2.42. The third kappa shape index (κ3) is 4.05. The molecule has 0 aliphatic carbocycles. The second kappa shape index (κ2) is 7.86. The predicted molar refractivity (Wildman–Crippen MR) is 101 cm³/mol. The van der Waals surface area contributed by atoms with Gasteiger partial charge in [-0.3, -0.25) is 4.79 Å². The van der Waals surface area contributed by atoms with Gasteiger partial charge in [-0.05, 0) is 30.3 Å². The number of phenols is 1. The van der Waals surface area contributed by atoms with E-state index in [0.29, 0.717) is 34.2 Å². The molecule has 142 valence electrons. The minimum absolute atomic E-state index is 0.0706. The topological polar surface area (TPSA) is 97.1 Å². The summed E-state index contributed by atoms with van der Waals surface area (Å²) >= 11 is 0. The van der Waals surface area contributed by atoms with Crippen LogP contribution >= 0.6 is 0 Å². The lowest BCUT2D eigenvalue weighted by Crippen LogP contribution is -2.28. The van der Waals surface area contributed by atoms with Crippen LogP contribution in [0, 0.1) is 0 Å². The van der Waals surface area contributed by atoms with Crippen LogP contribution in [-0.4, -0.2) is 50.4 Å². The van der Waals surface area contributed by atoms with Crippen LogP contribution in [0.1, 0.15) is 10.4 Å². The SMILES string of the molecule is COc1cccc(OCCNC(=O)c2ccc3nc(N(C)C)oc3c2)c1O. The molecular weight excluding hydrogens is 350 g/mol. The number of para-hydroxylation sites is 1. The molecule has 0 aliphatic rings. The number of hydrogen-bond acceptors (Lipinski definition) is 7. The fraction of sp³-hybridized carbons (Fsp3) is 0.263. The number of nitrogens with zero attached hydrogens (tertiary/aromatic N) is 2. The van der Waals surface area contributed by atoms with Gasteiger partial charge in [0.1, 0.15) is 12.1 Å². The number of rotatable bonds is 7. The zero-order valence-electron chi connectivity index (χ0n) is 15.4. The molecule has 2 aromatic carbocycles. The number of nitrogens with one attached hydrogen (secondary N) is 1. The number of phenolic OH excluding ortho intramolecular Hbond substituents is 1. The fourth-order valence-corrected chi connectivity index (χ4v) is 2.46. The molecule has 3 aromatic rings. The lowest BCUT2D eigenvalue weighted by atomic mass is 10.2. The Morgan fingerprint density at radius 3 is 2.78 bits per heavy atom. The average molecular weight is 371 g/mol. The zero-order valence-corrected chi connectivity index (χ0v) is 15.4. The van der Waals surface area contributed by atoms with E-state index in [4.69, 9.17) is 13.9 Å². The van der Waals surface area contributed by atoms with E-state index in [1.54, 1.807) is 41.3 Å². The van der Waals surface area contributed by atoms with Crippen LogP contribution in [0.5, 0.6) is 17.2 Å². The van der Waals surface area contributed by atoms with E-state index in [1.807, 2.05) is 14.1 Å². The highest BCUT2D eigenvalue weighted by Crippen LogP contribution is 2.35. The summed E-state index contributed by atoms with van der Waals surface area (Å²) in [7, 11) is 5.13. The number of amides is 1. The van der Waals surface area contributed by atoms with Crippen molar-refractivity contribution in [3.8, 4) is 17.2 Å². The molecule has 0 aliphatic heterocycles. The lowest BCUT2D eigenvalue weighted by Gasteiger charge is -2.11. The maximum atomic E-state index is 12.3. The van der Waals surface area contributed by atoms with Gasteiger partial charge in [-0.2, -0.15) is 4.98 Å². The van der Waals surface area contributed by atoms with E-state index >= 15 is 0 Å². The monoisotopic (exact) mass is 371 g/mol. The number of anilines is 1. The first kappa shape index (κ1) is 18.4. The second-order valence-corrected chi connectivity index (χ2v) is 5.98. The Labute approximate surface area is 156 Å². The number of carbonyl (C=O) groups excluding carboxylic acids is 1. The van der Waals surface area contributed by atoms with E-state index in [0.717, 1.165) is 0 Å². The van der Waals surface area contributed by atoms with E-state index in [-0.39, 0.29) is 24.8 Å². The van der Waals surface area contributed by atoms with Gasteiger partial charge in [-0.1, -0.05) is 6.07 Å². The molecule has 1 heterocycles. The third-order valence-corrected chi connectivity index (χ3v) is 3.85. The number of fused-ring (bicyclic) bond motifs is 1. The summed E-state index contributed by atoms with van der Waals surface area (Å²) in [4.78, 5) is 18.4. The summed E-state index contributed by atoms with van der Waals surface area (Å²) < 4.78 is 16.1. The molecule has 8 heteroatoms. The van der Waals surface area contributed by atoms with Crippen LogP contribution in [0.2, 0.25) is 0 Å². The highest BCUT2D eigenvalue weighted by molar-refractivity contribution is 5.97. The van der Waals surface area contributed by atoms with E-state index < -0.39 is 0 Å². The Balaban J connectivity index is 1.57. The first-order valence-electron chi connectivity index (χ1n) is 8.34. The van der Waals surface area contributed by atoms with Gasteiger partial charge in [-0.25, -0.2) is 0 Å². The second-order valence-electron chi connectivity index (χ2n) is 5.98. The molecule has 0 fully saturated rings. The van der Waals surface area contributed by atoms with Crippen LogP contribution in [0.25, 0.3) is 11.1 Å². The molecule has 0 radical (unpaired) electrons. The number of aromatic hydroxyl groups is 1. The van der Waals surface area contributed by atoms with Gasteiger partial charge in [0, 0.05) is 19.7 Å². The summed E-state index contributed by atoms with van der Waals surface area (Å²) in [6, 6.07) is 10.5. The number of carbonyl (C=O) groups is 1. The van der Waals surface area contributed by atoms with Crippen molar-refractivity contribution in [2.24, 2.45) is 0 Å². The molecule has 27 heavy (non-hydrogen) atoms. The van der Waals surface area contributed by atoms with Crippen molar-refractivity contribution in [1.29, 1.82) is 0 Å². The van der Waals surface area contributed by atoms with Gasteiger partial charge in [0.2, 0.25) is 5.75 Å². The van der Waals surface area contributed by atoms with Crippen molar-refractivity contribution >= 4 is 23.0 Å². The average Bonchev–Trinajstić information content (AvgIpc) is 3.10. The van der Waals surface area contributed by atoms with Crippen LogP contribution < -0.4 is 19.7 Å².